The monoisotopic (exact) mass is 212 g/mol. The molecule has 0 radical (unpaired) electrons. The molecule has 0 fully saturated rings. The van der Waals surface area contributed by atoms with Gasteiger partial charge in [0.15, 0.2) is 0 Å². The maximum atomic E-state index is 11.4. The molecule has 0 aromatic carbocycles. The van der Waals surface area contributed by atoms with Gasteiger partial charge in [-0.25, -0.2) is 0 Å². The number of hydrogen-bond donors (Lipinski definition) is 1. The van der Waals surface area contributed by atoms with Crippen molar-refractivity contribution >= 4 is 11.9 Å². The normalized spacial score (nSPS) is 24.9. The topological polar surface area (TPSA) is 63.6 Å². The molecule has 0 aliphatic heterocycles. The third kappa shape index (κ3) is 3.38. The van der Waals surface area contributed by atoms with Crippen LogP contribution in [0.3, 0.4) is 0 Å². The number of carbonyl (C=O) groups is 2. The Bertz CT molecular complexity index is 270. The highest BCUT2D eigenvalue weighted by Crippen LogP contribution is 2.23. The second kappa shape index (κ2) is 5.53. The van der Waals surface area contributed by atoms with Crippen molar-refractivity contribution in [3.8, 4) is 0 Å². The first-order valence-corrected chi connectivity index (χ1v) is 5.23. The fourth-order valence-corrected chi connectivity index (χ4v) is 1.53. The molecule has 84 valence electrons. The molecular weight excluding hydrogens is 196 g/mol. The van der Waals surface area contributed by atoms with Gasteiger partial charge in [-0.2, -0.15) is 0 Å². The fraction of sp³-hybridized carbons (Fsp3) is 0.636. The molecule has 15 heavy (non-hydrogen) atoms. The highest BCUT2D eigenvalue weighted by molar-refractivity contribution is 5.77. The number of ether oxygens (including phenoxy) is 1. The second-order valence-electron chi connectivity index (χ2n) is 3.68. The van der Waals surface area contributed by atoms with Gasteiger partial charge in [-0.15, -0.1) is 0 Å². The van der Waals surface area contributed by atoms with E-state index in [2.05, 4.69) is 0 Å². The number of carboxylic acids is 1. The summed E-state index contributed by atoms with van der Waals surface area (Å²) >= 11 is 0. The van der Waals surface area contributed by atoms with Crippen LogP contribution in [0, 0.1) is 11.8 Å². The Balaban J connectivity index is 2.44. The Kier molecular flexibility index (Phi) is 4.34. The zero-order chi connectivity index (χ0) is 11.3. The molecule has 1 aliphatic carbocycles. The van der Waals surface area contributed by atoms with Gasteiger partial charge in [-0.1, -0.05) is 19.1 Å². The zero-order valence-corrected chi connectivity index (χ0v) is 8.81. The second-order valence-corrected chi connectivity index (χ2v) is 3.68. The van der Waals surface area contributed by atoms with E-state index in [0.29, 0.717) is 19.4 Å². The largest absolute Gasteiger partial charge is 0.481 e. The van der Waals surface area contributed by atoms with Gasteiger partial charge >= 0.3 is 11.9 Å². The molecule has 0 bridgehead atoms. The summed E-state index contributed by atoms with van der Waals surface area (Å²) in [7, 11) is 0. The number of esters is 1. The van der Waals surface area contributed by atoms with Gasteiger partial charge in [0.1, 0.15) is 0 Å². The lowest BCUT2D eigenvalue weighted by atomic mass is 9.89. The molecular formula is C11H16O4. The number of hydrogen-bond acceptors (Lipinski definition) is 3. The Hall–Kier alpha value is -1.32. The molecule has 4 heteroatoms. The van der Waals surface area contributed by atoms with Crippen molar-refractivity contribution in [3.63, 3.8) is 0 Å². The molecule has 0 amide bonds. The lowest BCUT2D eigenvalue weighted by molar-refractivity contribution is -0.148. The average Bonchev–Trinajstić information content (AvgIpc) is 2.26. The van der Waals surface area contributed by atoms with E-state index in [-0.39, 0.29) is 11.9 Å². The van der Waals surface area contributed by atoms with Gasteiger partial charge < -0.3 is 9.84 Å². The zero-order valence-electron chi connectivity index (χ0n) is 8.81. The number of aliphatic carboxylic acids is 1. The maximum absolute atomic E-state index is 11.4. The summed E-state index contributed by atoms with van der Waals surface area (Å²) < 4.78 is 4.99. The fourth-order valence-electron chi connectivity index (χ4n) is 1.53. The highest BCUT2D eigenvalue weighted by Gasteiger charge is 2.25. The maximum Gasteiger partial charge on any atom is 0.312 e. The minimum absolute atomic E-state index is 0.239. The van der Waals surface area contributed by atoms with Crippen LogP contribution in [0.1, 0.15) is 26.2 Å². The molecule has 0 spiro atoms. The van der Waals surface area contributed by atoms with Crippen molar-refractivity contribution in [1.82, 2.24) is 0 Å². The highest BCUT2D eigenvalue weighted by atomic mass is 16.5. The van der Waals surface area contributed by atoms with Crippen molar-refractivity contribution in [2.75, 3.05) is 6.61 Å². The van der Waals surface area contributed by atoms with E-state index in [4.69, 9.17) is 9.84 Å². The van der Waals surface area contributed by atoms with Crippen LogP contribution in [0.15, 0.2) is 12.2 Å². The first-order chi connectivity index (χ1) is 7.15. The van der Waals surface area contributed by atoms with Crippen LogP contribution in [0.5, 0.6) is 0 Å². The van der Waals surface area contributed by atoms with E-state index in [1.54, 1.807) is 12.2 Å². The molecule has 0 aromatic rings. The molecule has 0 heterocycles. The van der Waals surface area contributed by atoms with Crippen LogP contribution < -0.4 is 0 Å². The quantitative estimate of drug-likeness (QED) is 0.568. The standard InChI is InChI=1S/C11H16O4/c1-2-7-15-11(14)9-5-3-8(4-6-9)10(12)13/h3,5,8-9H,2,4,6-7H2,1H3,(H,12,13). The third-order valence-electron chi connectivity index (χ3n) is 2.43. The minimum atomic E-state index is -0.827. The van der Waals surface area contributed by atoms with Crippen molar-refractivity contribution < 1.29 is 19.4 Å². The Labute approximate surface area is 88.9 Å². The third-order valence-corrected chi connectivity index (χ3v) is 2.43. The van der Waals surface area contributed by atoms with Gasteiger partial charge in [0.05, 0.1) is 18.4 Å². The van der Waals surface area contributed by atoms with Crippen LogP contribution in [0.25, 0.3) is 0 Å². The molecule has 0 saturated carbocycles. The van der Waals surface area contributed by atoms with E-state index in [0.717, 1.165) is 6.42 Å². The summed E-state index contributed by atoms with van der Waals surface area (Å²) in [6, 6.07) is 0. The summed E-state index contributed by atoms with van der Waals surface area (Å²) in [6.45, 7) is 2.37. The molecule has 1 rings (SSSR count). The molecule has 2 unspecified atom stereocenters. The molecule has 0 saturated heterocycles. The van der Waals surface area contributed by atoms with Crippen molar-refractivity contribution in [2.24, 2.45) is 11.8 Å². The van der Waals surface area contributed by atoms with E-state index in [1.165, 1.54) is 0 Å². The van der Waals surface area contributed by atoms with Crippen molar-refractivity contribution in [3.05, 3.63) is 12.2 Å². The summed E-state index contributed by atoms with van der Waals surface area (Å²) in [6.07, 6.45) is 5.12. The lowest BCUT2D eigenvalue weighted by Crippen LogP contribution is -2.23. The van der Waals surface area contributed by atoms with Crippen LogP contribution >= 0.6 is 0 Å². The van der Waals surface area contributed by atoms with E-state index in [9.17, 15) is 9.59 Å². The average molecular weight is 212 g/mol. The molecule has 0 aromatic heterocycles. The summed E-state index contributed by atoms with van der Waals surface area (Å²) in [4.78, 5) is 22.0. The van der Waals surface area contributed by atoms with Gasteiger partial charge in [0, 0.05) is 0 Å². The van der Waals surface area contributed by atoms with Crippen LogP contribution in [0.2, 0.25) is 0 Å². The van der Waals surface area contributed by atoms with Gasteiger partial charge in [-0.05, 0) is 19.3 Å². The lowest BCUT2D eigenvalue weighted by Gasteiger charge is -2.18. The van der Waals surface area contributed by atoms with E-state index in [1.807, 2.05) is 6.92 Å². The van der Waals surface area contributed by atoms with Crippen LogP contribution in [0.4, 0.5) is 0 Å². The summed E-state index contributed by atoms with van der Waals surface area (Å²) in [5.41, 5.74) is 0. The summed E-state index contributed by atoms with van der Waals surface area (Å²) in [5, 5.41) is 8.74. The van der Waals surface area contributed by atoms with E-state index < -0.39 is 11.9 Å². The Morgan fingerprint density at radius 2 is 1.93 bits per heavy atom. The molecule has 4 nitrogen and oxygen atoms in total. The van der Waals surface area contributed by atoms with E-state index >= 15 is 0 Å². The van der Waals surface area contributed by atoms with Crippen molar-refractivity contribution in [1.29, 1.82) is 0 Å². The molecule has 1 N–H and O–H groups in total. The SMILES string of the molecule is CCCOC(=O)C1C=CC(C(=O)O)CC1. The number of rotatable bonds is 4. The molecule has 1 aliphatic rings. The molecule has 2 atom stereocenters. The van der Waals surface area contributed by atoms with Crippen LogP contribution in [-0.4, -0.2) is 23.7 Å². The first-order valence-electron chi connectivity index (χ1n) is 5.23. The van der Waals surface area contributed by atoms with Crippen molar-refractivity contribution in [2.45, 2.75) is 26.2 Å². The summed E-state index contributed by atoms with van der Waals surface area (Å²) in [5.74, 6) is -1.77. The van der Waals surface area contributed by atoms with Crippen LogP contribution in [-0.2, 0) is 14.3 Å². The van der Waals surface area contributed by atoms with Gasteiger partial charge in [0.2, 0.25) is 0 Å². The minimum Gasteiger partial charge on any atom is -0.481 e. The predicted molar refractivity (Wildman–Crippen MR) is 54.2 cm³/mol. The smallest absolute Gasteiger partial charge is 0.312 e. The number of carboxylic acid groups (broad SMARTS) is 1. The van der Waals surface area contributed by atoms with Gasteiger partial charge in [0.25, 0.3) is 0 Å². The Morgan fingerprint density at radius 3 is 2.40 bits per heavy atom. The Morgan fingerprint density at radius 1 is 1.33 bits per heavy atom. The van der Waals surface area contributed by atoms with Gasteiger partial charge in [-0.3, -0.25) is 9.59 Å². The first kappa shape index (κ1) is 11.8. The number of carbonyl (C=O) groups excluding carboxylic acids is 1. The predicted octanol–water partition coefficient (Wildman–Crippen LogP) is 1.61.